The number of halogens is 1. The first-order valence-electron chi connectivity index (χ1n) is 9.63. The Balaban J connectivity index is 1.88. The number of hydrogen-bond donors (Lipinski definition) is 3. The van der Waals surface area contributed by atoms with Crippen molar-refractivity contribution in [3.05, 3.63) is 57.8 Å². The van der Waals surface area contributed by atoms with E-state index in [0.717, 1.165) is 65.0 Å². The molecule has 6 nitrogen and oxygen atoms in total. The number of benzene rings is 2. The third-order valence-electron chi connectivity index (χ3n) is 5.49. The minimum absolute atomic E-state index is 0.0990. The maximum Gasteiger partial charge on any atom is 0.272 e. The number of ether oxygens (including phenoxy) is 1. The third kappa shape index (κ3) is 3.05. The van der Waals surface area contributed by atoms with Gasteiger partial charge in [0.1, 0.15) is 11.4 Å². The molecular weight excluding hydrogens is 388 g/mol. The molecule has 4 aromatic rings. The van der Waals surface area contributed by atoms with E-state index in [0.29, 0.717) is 10.7 Å². The van der Waals surface area contributed by atoms with Crippen molar-refractivity contribution in [2.45, 2.75) is 0 Å². The molecule has 0 radical (unpaired) electrons. The van der Waals surface area contributed by atoms with Crippen LogP contribution >= 0.6 is 11.6 Å². The van der Waals surface area contributed by atoms with Crippen LogP contribution in [0.3, 0.4) is 0 Å². The molecule has 0 bridgehead atoms. The molecule has 0 unspecified atom stereocenters. The molecule has 1 fully saturated rings. The van der Waals surface area contributed by atoms with Gasteiger partial charge in [-0.1, -0.05) is 23.7 Å². The minimum atomic E-state index is -0.0990. The van der Waals surface area contributed by atoms with Crippen molar-refractivity contribution in [2.75, 3.05) is 38.2 Å². The smallest absolute Gasteiger partial charge is 0.272 e. The van der Waals surface area contributed by atoms with Gasteiger partial charge in [0.2, 0.25) is 0 Å². The Kier molecular flexibility index (Phi) is 4.45. The number of piperazine rings is 1. The van der Waals surface area contributed by atoms with E-state index in [4.69, 9.17) is 16.3 Å². The monoisotopic (exact) mass is 408 g/mol. The average Bonchev–Trinajstić information content (AvgIpc) is 3.10. The van der Waals surface area contributed by atoms with Crippen molar-refractivity contribution in [3.63, 3.8) is 0 Å². The molecular formula is C22H21ClN4O2. The summed E-state index contributed by atoms with van der Waals surface area (Å²) < 4.78 is 5.44. The summed E-state index contributed by atoms with van der Waals surface area (Å²) in [5.74, 6) is 0.751. The first kappa shape index (κ1) is 18.1. The molecule has 148 valence electrons. The molecule has 7 heteroatoms. The highest BCUT2D eigenvalue weighted by Crippen LogP contribution is 2.38. The SMILES string of the molecule is COc1cccc(-c2c(N3CCNCC3)c(=O)[nH]c3c2[nH]c2ccc(Cl)cc23)c1. The van der Waals surface area contributed by atoms with Crippen molar-refractivity contribution in [1.29, 1.82) is 0 Å². The van der Waals surface area contributed by atoms with Gasteiger partial charge in [-0.15, -0.1) is 0 Å². The number of hydrogen-bond acceptors (Lipinski definition) is 4. The molecule has 5 rings (SSSR count). The fraction of sp³-hybridized carbons (Fsp3) is 0.227. The number of anilines is 1. The predicted molar refractivity (Wildman–Crippen MR) is 119 cm³/mol. The van der Waals surface area contributed by atoms with Gasteiger partial charge in [0.15, 0.2) is 0 Å². The molecule has 1 saturated heterocycles. The second-order valence-electron chi connectivity index (χ2n) is 7.21. The van der Waals surface area contributed by atoms with Crippen LogP contribution in [0, 0.1) is 0 Å². The number of aromatic nitrogens is 2. The molecule has 3 heterocycles. The summed E-state index contributed by atoms with van der Waals surface area (Å²) >= 11 is 6.23. The Morgan fingerprint density at radius 2 is 1.86 bits per heavy atom. The highest BCUT2D eigenvalue weighted by molar-refractivity contribution is 6.31. The van der Waals surface area contributed by atoms with Gasteiger partial charge in [-0.25, -0.2) is 0 Å². The van der Waals surface area contributed by atoms with Crippen molar-refractivity contribution in [1.82, 2.24) is 15.3 Å². The zero-order valence-corrected chi connectivity index (χ0v) is 16.8. The molecule has 2 aromatic carbocycles. The van der Waals surface area contributed by atoms with Gasteiger partial charge in [-0.2, -0.15) is 0 Å². The number of methoxy groups -OCH3 is 1. The Labute approximate surface area is 172 Å². The second-order valence-corrected chi connectivity index (χ2v) is 7.65. The number of nitrogens with zero attached hydrogens (tertiary/aromatic N) is 1. The van der Waals surface area contributed by atoms with Crippen LogP contribution < -0.4 is 20.5 Å². The summed E-state index contributed by atoms with van der Waals surface area (Å²) in [5.41, 5.74) is 5.00. The maximum atomic E-state index is 13.3. The van der Waals surface area contributed by atoms with Crippen LogP contribution in [0.1, 0.15) is 0 Å². The highest BCUT2D eigenvalue weighted by atomic mass is 35.5. The second kappa shape index (κ2) is 7.13. The quantitative estimate of drug-likeness (QED) is 0.482. The topological polar surface area (TPSA) is 73.2 Å². The van der Waals surface area contributed by atoms with E-state index in [1.807, 2.05) is 42.5 Å². The van der Waals surface area contributed by atoms with Gasteiger partial charge in [0.05, 0.1) is 18.1 Å². The largest absolute Gasteiger partial charge is 0.497 e. The van der Waals surface area contributed by atoms with Gasteiger partial charge >= 0.3 is 0 Å². The molecule has 1 aliphatic rings. The standard InChI is InChI=1S/C22H21ClN4O2/c1-29-15-4-2-3-13(11-15)18-20-19(16-12-14(23)5-6-17(16)25-20)26-22(28)21(18)27-9-7-24-8-10-27/h2-6,11-12,24-25H,7-10H2,1H3,(H,26,28). The Morgan fingerprint density at radius 1 is 1.03 bits per heavy atom. The summed E-state index contributed by atoms with van der Waals surface area (Å²) in [6, 6.07) is 13.5. The van der Waals surface area contributed by atoms with Crippen molar-refractivity contribution >= 4 is 39.2 Å². The molecule has 3 N–H and O–H groups in total. The van der Waals surface area contributed by atoms with E-state index in [-0.39, 0.29) is 5.56 Å². The first-order valence-corrected chi connectivity index (χ1v) is 10.0. The molecule has 29 heavy (non-hydrogen) atoms. The molecule has 2 aromatic heterocycles. The van der Waals surface area contributed by atoms with Gasteiger partial charge < -0.3 is 24.9 Å². The predicted octanol–water partition coefficient (Wildman–Crippen LogP) is 3.75. The number of aromatic amines is 2. The van der Waals surface area contributed by atoms with Gasteiger partial charge in [-0.05, 0) is 35.9 Å². The van der Waals surface area contributed by atoms with E-state index < -0.39 is 0 Å². The summed E-state index contributed by atoms with van der Waals surface area (Å²) in [6.45, 7) is 3.24. The molecule has 1 aliphatic heterocycles. The summed E-state index contributed by atoms with van der Waals surface area (Å²) in [6.07, 6.45) is 0. The number of fused-ring (bicyclic) bond motifs is 3. The first-order chi connectivity index (χ1) is 14.2. The average molecular weight is 409 g/mol. The van der Waals surface area contributed by atoms with Crippen molar-refractivity contribution < 1.29 is 4.74 Å². The Bertz CT molecular complexity index is 1270. The molecule has 0 spiro atoms. The third-order valence-corrected chi connectivity index (χ3v) is 5.73. The lowest BCUT2D eigenvalue weighted by Gasteiger charge is -2.30. The van der Waals surface area contributed by atoms with Crippen molar-refractivity contribution in [2.24, 2.45) is 0 Å². The number of rotatable bonds is 3. The fourth-order valence-corrected chi connectivity index (χ4v) is 4.31. The van der Waals surface area contributed by atoms with Crippen molar-refractivity contribution in [3.8, 4) is 16.9 Å². The lowest BCUT2D eigenvalue weighted by molar-refractivity contribution is 0.415. The van der Waals surface area contributed by atoms with Gasteiger partial charge in [0, 0.05) is 47.7 Å². The van der Waals surface area contributed by atoms with E-state index in [1.54, 1.807) is 7.11 Å². The van der Waals surface area contributed by atoms with Crippen LogP contribution in [0.15, 0.2) is 47.3 Å². The summed E-state index contributed by atoms with van der Waals surface area (Å²) in [7, 11) is 1.65. The molecule has 0 aliphatic carbocycles. The minimum Gasteiger partial charge on any atom is -0.497 e. The zero-order chi connectivity index (χ0) is 20.0. The maximum absolute atomic E-state index is 13.3. The normalized spacial score (nSPS) is 14.6. The van der Waals surface area contributed by atoms with Crippen LogP contribution in [0.2, 0.25) is 5.02 Å². The lowest BCUT2D eigenvalue weighted by Crippen LogP contribution is -2.45. The van der Waals surface area contributed by atoms with E-state index >= 15 is 0 Å². The molecule has 0 saturated carbocycles. The van der Waals surface area contributed by atoms with Crippen LogP contribution in [-0.4, -0.2) is 43.3 Å². The number of H-pyrrole nitrogens is 2. The molecule has 0 atom stereocenters. The van der Waals surface area contributed by atoms with Crippen LogP contribution in [0.25, 0.3) is 33.1 Å². The van der Waals surface area contributed by atoms with Gasteiger partial charge in [0.25, 0.3) is 5.56 Å². The fourth-order valence-electron chi connectivity index (χ4n) is 4.14. The lowest BCUT2D eigenvalue weighted by atomic mass is 10.0. The summed E-state index contributed by atoms with van der Waals surface area (Å²) in [4.78, 5) is 22.1. The zero-order valence-electron chi connectivity index (χ0n) is 16.0. The number of nitrogens with one attached hydrogen (secondary N) is 3. The van der Waals surface area contributed by atoms with Crippen LogP contribution in [0.4, 0.5) is 5.69 Å². The van der Waals surface area contributed by atoms with E-state index in [1.165, 1.54) is 0 Å². The molecule has 0 amide bonds. The Hall–Kier alpha value is -2.96. The number of pyridine rings is 1. The van der Waals surface area contributed by atoms with E-state index in [2.05, 4.69) is 20.2 Å². The van der Waals surface area contributed by atoms with E-state index in [9.17, 15) is 4.79 Å². The van der Waals surface area contributed by atoms with Crippen LogP contribution in [0.5, 0.6) is 5.75 Å². The van der Waals surface area contributed by atoms with Crippen LogP contribution in [-0.2, 0) is 0 Å². The summed E-state index contributed by atoms with van der Waals surface area (Å²) in [5, 5.41) is 4.89. The van der Waals surface area contributed by atoms with Gasteiger partial charge in [-0.3, -0.25) is 4.79 Å². The highest BCUT2D eigenvalue weighted by Gasteiger charge is 2.23. The Morgan fingerprint density at radius 3 is 2.66 bits per heavy atom.